The number of esters is 1. The molecule has 5 heteroatoms. The smallest absolute Gasteiger partial charge is 0.308 e. The molecular formula is C34H58O5. The van der Waals surface area contributed by atoms with E-state index in [1.807, 2.05) is 0 Å². The fourth-order valence-electron chi connectivity index (χ4n) is 10.7. The molecule has 5 rings (SSSR count). The molecule has 0 bridgehead atoms. The van der Waals surface area contributed by atoms with Crippen LogP contribution in [0.5, 0.6) is 0 Å². The second-order valence-corrected chi connectivity index (χ2v) is 15.2. The molecule has 5 fully saturated rings. The second-order valence-electron chi connectivity index (χ2n) is 15.2. The molecule has 1 aliphatic heterocycles. The zero-order valence-corrected chi connectivity index (χ0v) is 25.9. The van der Waals surface area contributed by atoms with Crippen LogP contribution in [-0.4, -0.2) is 48.2 Å². The summed E-state index contributed by atoms with van der Waals surface area (Å²) in [4.78, 5) is 11.6. The summed E-state index contributed by atoms with van der Waals surface area (Å²) in [6.45, 7) is 15.2. The van der Waals surface area contributed by atoms with E-state index < -0.39 is 6.10 Å². The fourth-order valence-corrected chi connectivity index (χ4v) is 10.7. The van der Waals surface area contributed by atoms with Gasteiger partial charge in [-0.25, -0.2) is 0 Å². The third-order valence-electron chi connectivity index (χ3n) is 12.8. The zero-order chi connectivity index (χ0) is 28.0. The Morgan fingerprint density at radius 1 is 1.03 bits per heavy atom. The lowest BCUT2D eigenvalue weighted by molar-refractivity contribution is -0.145. The number of carbonyl (C=O) groups is 1. The van der Waals surface area contributed by atoms with Gasteiger partial charge in [0.15, 0.2) is 0 Å². The lowest BCUT2D eigenvalue weighted by Gasteiger charge is -2.59. The van der Waals surface area contributed by atoms with E-state index >= 15 is 0 Å². The minimum Gasteiger partial charge on any atom is -0.466 e. The van der Waals surface area contributed by atoms with Crippen LogP contribution in [0, 0.1) is 46.3 Å². The van der Waals surface area contributed by atoms with Crippen molar-refractivity contribution < 1.29 is 24.1 Å². The van der Waals surface area contributed by atoms with Gasteiger partial charge in [0.1, 0.15) is 5.60 Å². The molecule has 1 spiro atoms. The molecule has 39 heavy (non-hydrogen) atoms. The first-order chi connectivity index (χ1) is 18.5. The van der Waals surface area contributed by atoms with Crippen molar-refractivity contribution >= 4 is 5.97 Å². The highest BCUT2D eigenvalue weighted by molar-refractivity contribution is 5.69. The molecule has 5 aliphatic rings. The molecule has 1 N–H and O–H groups in total. The predicted molar refractivity (Wildman–Crippen MR) is 154 cm³/mol. The molecule has 5 nitrogen and oxygen atoms in total. The molecule has 224 valence electrons. The van der Waals surface area contributed by atoms with E-state index in [-0.39, 0.29) is 29.5 Å². The first-order valence-electron chi connectivity index (χ1n) is 16.7. The molecule has 1 heterocycles. The van der Waals surface area contributed by atoms with Crippen molar-refractivity contribution in [3.8, 4) is 0 Å². The van der Waals surface area contributed by atoms with Gasteiger partial charge in [0, 0.05) is 18.4 Å². The first kappa shape index (κ1) is 29.8. The van der Waals surface area contributed by atoms with Gasteiger partial charge in [-0.15, -0.1) is 0 Å². The minimum atomic E-state index is -0.693. The third-order valence-corrected chi connectivity index (χ3v) is 12.8. The standard InChI is InChI=1S/C34H58O5/c1-7-37-31(36)19-24(35)15-18-38-25-13-17-33(6)29-14-16-32(5)27(23(4)10-8-9-22(2)3)11-12-28(32)26(29)20-30-34(33,21-25)39-30/h22-30,35H,7-21H2,1-6H3/t23-,24?,25+,26+,27-,28+,29+,30?,32-,33-,34?/m1/s1. The van der Waals surface area contributed by atoms with Crippen molar-refractivity contribution in [2.45, 2.75) is 149 Å². The second kappa shape index (κ2) is 11.6. The number of ether oxygens (including phenoxy) is 3. The molecule has 4 aliphatic carbocycles. The number of epoxide rings is 1. The Morgan fingerprint density at radius 2 is 1.82 bits per heavy atom. The number of aliphatic hydroxyl groups is 1. The number of hydrogen-bond acceptors (Lipinski definition) is 5. The van der Waals surface area contributed by atoms with Crippen LogP contribution in [0.2, 0.25) is 0 Å². The number of rotatable bonds is 12. The van der Waals surface area contributed by atoms with E-state index in [2.05, 4.69) is 34.6 Å². The quantitative estimate of drug-likeness (QED) is 0.205. The molecule has 0 aromatic heterocycles. The van der Waals surface area contributed by atoms with Gasteiger partial charge in [-0.2, -0.15) is 0 Å². The maximum atomic E-state index is 11.6. The Hall–Kier alpha value is -0.650. The van der Waals surface area contributed by atoms with Gasteiger partial charge in [0.05, 0.1) is 31.3 Å². The Labute approximate surface area is 238 Å². The van der Waals surface area contributed by atoms with E-state index in [1.165, 1.54) is 57.8 Å². The van der Waals surface area contributed by atoms with Gasteiger partial charge in [-0.3, -0.25) is 4.79 Å². The summed E-state index contributed by atoms with van der Waals surface area (Å²) in [7, 11) is 0. The van der Waals surface area contributed by atoms with Crippen LogP contribution in [0.1, 0.15) is 125 Å². The number of carbonyl (C=O) groups excluding carboxylic acids is 1. The van der Waals surface area contributed by atoms with Gasteiger partial charge in [0.2, 0.25) is 0 Å². The van der Waals surface area contributed by atoms with Crippen molar-refractivity contribution in [1.82, 2.24) is 0 Å². The monoisotopic (exact) mass is 546 g/mol. The van der Waals surface area contributed by atoms with Crippen LogP contribution in [0.15, 0.2) is 0 Å². The van der Waals surface area contributed by atoms with E-state index in [9.17, 15) is 9.90 Å². The largest absolute Gasteiger partial charge is 0.466 e. The molecule has 1 saturated heterocycles. The lowest BCUT2D eigenvalue weighted by Crippen LogP contribution is -2.58. The normalized spacial score (nSPS) is 44.1. The van der Waals surface area contributed by atoms with Crippen LogP contribution in [0.3, 0.4) is 0 Å². The van der Waals surface area contributed by atoms with E-state index in [0.29, 0.717) is 31.2 Å². The summed E-state index contributed by atoms with van der Waals surface area (Å²) in [6, 6.07) is 0. The fraction of sp³-hybridized carbons (Fsp3) is 0.971. The predicted octanol–water partition coefficient (Wildman–Crippen LogP) is 7.33. The SMILES string of the molecule is CCOC(=O)CC(O)CCO[C@H]1CC[C@]2(C)[C@H]3CC[C@]4(C)[C@@H]([C@H](C)CCCC(C)C)CC[C@H]4[C@@H]3CC3OC32C1. The maximum absolute atomic E-state index is 11.6. The molecule has 0 aromatic rings. The molecule has 0 radical (unpaired) electrons. The number of aliphatic hydroxyl groups excluding tert-OH is 1. The molecule has 11 atom stereocenters. The van der Waals surface area contributed by atoms with Gasteiger partial charge in [-0.05, 0) is 99.2 Å². The average Bonchev–Trinajstić information content (AvgIpc) is 3.44. The highest BCUT2D eigenvalue weighted by atomic mass is 16.6. The highest BCUT2D eigenvalue weighted by Crippen LogP contribution is 2.74. The molecule has 4 saturated carbocycles. The first-order valence-corrected chi connectivity index (χ1v) is 16.7. The Morgan fingerprint density at radius 3 is 2.56 bits per heavy atom. The number of fused-ring (bicyclic) bond motifs is 4. The van der Waals surface area contributed by atoms with Crippen LogP contribution in [-0.2, 0) is 19.0 Å². The van der Waals surface area contributed by atoms with Crippen molar-refractivity contribution in [3.05, 3.63) is 0 Å². The van der Waals surface area contributed by atoms with Crippen molar-refractivity contribution in [1.29, 1.82) is 0 Å². The Balaban J connectivity index is 1.17. The molecule has 0 aromatic carbocycles. The molecular weight excluding hydrogens is 488 g/mol. The summed E-state index contributed by atoms with van der Waals surface area (Å²) in [6.07, 6.45) is 14.8. The summed E-state index contributed by atoms with van der Waals surface area (Å²) in [5, 5.41) is 10.2. The number of hydrogen-bond donors (Lipinski definition) is 1. The summed E-state index contributed by atoms with van der Waals surface area (Å²) >= 11 is 0. The van der Waals surface area contributed by atoms with Gasteiger partial charge >= 0.3 is 5.97 Å². The summed E-state index contributed by atoms with van der Waals surface area (Å²) in [5.74, 6) is 4.75. The van der Waals surface area contributed by atoms with Crippen LogP contribution in [0.25, 0.3) is 0 Å². The topological polar surface area (TPSA) is 68.3 Å². The zero-order valence-electron chi connectivity index (χ0n) is 25.9. The van der Waals surface area contributed by atoms with Crippen molar-refractivity contribution in [3.63, 3.8) is 0 Å². The minimum absolute atomic E-state index is 0.0104. The van der Waals surface area contributed by atoms with Crippen LogP contribution < -0.4 is 0 Å². The van der Waals surface area contributed by atoms with Gasteiger partial charge < -0.3 is 19.3 Å². The average molecular weight is 547 g/mol. The van der Waals surface area contributed by atoms with Gasteiger partial charge in [0.25, 0.3) is 0 Å². The maximum Gasteiger partial charge on any atom is 0.308 e. The van der Waals surface area contributed by atoms with Gasteiger partial charge in [-0.1, -0.05) is 53.9 Å². The van der Waals surface area contributed by atoms with Crippen molar-refractivity contribution in [2.75, 3.05) is 13.2 Å². The van der Waals surface area contributed by atoms with Crippen LogP contribution in [0.4, 0.5) is 0 Å². The van der Waals surface area contributed by atoms with E-state index in [4.69, 9.17) is 14.2 Å². The van der Waals surface area contributed by atoms with E-state index in [1.54, 1.807) is 6.92 Å². The third kappa shape index (κ3) is 5.47. The highest BCUT2D eigenvalue weighted by Gasteiger charge is 2.76. The van der Waals surface area contributed by atoms with Crippen molar-refractivity contribution in [2.24, 2.45) is 46.3 Å². The Bertz CT molecular complexity index is 859. The molecule has 3 unspecified atom stereocenters. The molecule has 0 amide bonds. The summed E-state index contributed by atoms with van der Waals surface area (Å²) in [5.41, 5.74) is 0.803. The summed E-state index contributed by atoms with van der Waals surface area (Å²) < 4.78 is 18.0. The lowest BCUT2D eigenvalue weighted by atomic mass is 9.44. The van der Waals surface area contributed by atoms with E-state index in [0.717, 1.165) is 48.3 Å². The Kier molecular flexibility index (Phi) is 8.84. The van der Waals surface area contributed by atoms with Crippen LogP contribution >= 0.6 is 0 Å².